The van der Waals surface area contributed by atoms with E-state index in [9.17, 15) is 17.6 Å². The van der Waals surface area contributed by atoms with Gasteiger partial charge in [-0.2, -0.15) is 10.2 Å². The van der Waals surface area contributed by atoms with Crippen molar-refractivity contribution in [3.05, 3.63) is 80.6 Å². The Bertz CT molecular complexity index is 1020. The Kier molecular flexibility index (Phi) is 5.90. The molecule has 0 saturated heterocycles. The first kappa shape index (κ1) is 20.2. The molecule has 3 rings (SSSR count). The van der Waals surface area contributed by atoms with E-state index in [-0.39, 0.29) is 11.2 Å². The van der Waals surface area contributed by atoms with Crippen molar-refractivity contribution in [3.63, 3.8) is 0 Å². The van der Waals surface area contributed by atoms with Gasteiger partial charge in [-0.05, 0) is 24.6 Å². The minimum Gasteiger partial charge on any atom is -0.272 e. The van der Waals surface area contributed by atoms with Crippen molar-refractivity contribution in [3.8, 4) is 0 Å². The second kappa shape index (κ2) is 8.20. The molecule has 1 aromatic heterocycles. The molecule has 146 valence electrons. The van der Waals surface area contributed by atoms with Gasteiger partial charge < -0.3 is 0 Å². The van der Waals surface area contributed by atoms with Gasteiger partial charge >= 0.3 is 0 Å². The largest absolute Gasteiger partial charge is 0.272 e. The number of aryl methyl sites for hydroxylation is 1. The third-order valence-electron chi connectivity index (χ3n) is 3.84. The van der Waals surface area contributed by atoms with Crippen molar-refractivity contribution in [1.29, 1.82) is 0 Å². The molecule has 0 fully saturated rings. The predicted octanol–water partition coefficient (Wildman–Crippen LogP) is 5.55. The molecule has 28 heavy (non-hydrogen) atoms. The molecule has 0 bridgehead atoms. The lowest BCUT2D eigenvalue weighted by Gasteiger charge is -2.05. The summed E-state index contributed by atoms with van der Waals surface area (Å²) < 4.78 is 55.2. The average molecular weight is 431 g/mol. The van der Waals surface area contributed by atoms with E-state index in [0.717, 1.165) is 11.8 Å². The third-order valence-corrected chi connectivity index (χ3v) is 4.49. The third kappa shape index (κ3) is 4.13. The van der Waals surface area contributed by atoms with Crippen LogP contribution in [0.2, 0.25) is 10.2 Å². The van der Waals surface area contributed by atoms with E-state index in [1.807, 2.05) is 17.6 Å². The van der Waals surface area contributed by atoms with E-state index in [2.05, 4.69) is 10.2 Å². The summed E-state index contributed by atoms with van der Waals surface area (Å²) in [6.45, 7) is 2.02. The molecular formula is C18H12Cl2F4N4. The van der Waals surface area contributed by atoms with E-state index in [0.29, 0.717) is 22.8 Å². The van der Waals surface area contributed by atoms with Crippen LogP contribution >= 0.6 is 23.2 Å². The molecule has 0 atom stereocenters. The molecule has 10 heteroatoms. The Hall–Kier alpha value is -2.58. The molecule has 4 nitrogen and oxygen atoms in total. The smallest absolute Gasteiger partial charge is 0.186 e. The van der Waals surface area contributed by atoms with Gasteiger partial charge in [0.05, 0.1) is 24.0 Å². The van der Waals surface area contributed by atoms with Crippen molar-refractivity contribution in [2.75, 3.05) is 5.43 Å². The van der Waals surface area contributed by atoms with E-state index in [1.165, 1.54) is 4.68 Å². The number of halogens is 6. The summed E-state index contributed by atoms with van der Waals surface area (Å²) in [5.74, 6) is -6.25. The minimum atomic E-state index is -1.59. The van der Waals surface area contributed by atoms with Gasteiger partial charge in [0, 0.05) is 11.1 Å². The molecule has 0 amide bonds. The van der Waals surface area contributed by atoms with Crippen molar-refractivity contribution >= 4 is 35.1 Å². The quantitative estimate of drug-likeness (QED) is 0.249. The van der Waals surface area contributed by atoms with E-state index < -0.39 is 29.0 Å². The van der Waals surface area contributed by atoms with Crippen LogP contribution in [0.25, 0.3) is 0 Å². The van der Waals surface area contributed by atoms with Crippen LogP contribution in [-0.4, -0.2) is 16.0 Å². The first-order valence-corrected chi connectivity index (χ1v) is 8.63. The van der Waals surface area contributed by atoms with Crippen LogP contribution in [0.5, 0.6) is 0 Å². The van der Waals surface area contributed by atoms with Gasteiger partial charge in [-0.1, -0.05) is 35.3 Å². The Morgan fingerprint density at radius 3 is 2.29 bits per heavy atom. The summed E-state index contributed by atoms with van der Waals surface area (Å²) in [4.78, 5) is 0. The summed E-state index contributed by atoms with van der Waals surface area (Å²) in [5, 5.41) is 8.73. The highest BCUT2D eigenvalue weighted by Gasteiger charge is 2.19. The number of nitrogens with zero attached hydrogens (tertiary/aromatic N) is 3. The minimum absolute atomic E-state index is 0.112. The SMILES string of the molecule is Cc1nn(Cc2ccc(Cl)cc2)c(Cl)c1C=NNc1c(F)c(F)cc(F)c1F. The predicted molar refractivity (Wildman–Crippen MR) is 100 cm³/mol. The van der Waals surface area contributed by atoms with Crippen LogP contribution in [0.4, 0.5) is 23.2 Å². The summed E-state index contributed by atoms with van der Waals surface area (Å²) in [5.41, 5.74) is 2.68. The second-order valence-corrected chi connectivity index (χ2v) is 6.58. The van der Waals surface area contributed by atoms with Gasteiger partial charge in [0.1, 0.15) is 10.8 Å². The van der Waals surface area contributed by atoms with Crippen molar-refractivity contribution in [2.45, 2.75) is 13.5 Å². The van der Waals surface area contributed by atoms with Gasteiger partial charge in [0.15, 0.2) is 23.3 Å². The van der Waals surface area contributed by atoms with Gasteiger partial charge in [-0.15, -0.1) is 0 Å². The monoisotopic (exact) mass is 430 g/mol. The lowest BCUT2D eigenvalue weighted by molar-refractivity contribution is 0.458. The molecule has 0 saturated carbocycles. The molecule has 0 spiro atoms. The lowest BCUT2D eigenvalue weighted by Crippen LogP contribution is -2.03. The van der Waals surface area contributed by atoms with Gasteiger partial charge in [-0.3, -0.25) is 5.43 Å². The van der Waals surface area contributed by atoms with Crippen LogP contribution in [0, 0.1) is 30.2 Å². The molecular weight excluding hydrogens is 419 g/mol. The Labute approximate surface area is 167 Å². The topological polar surface area (TPSA) is 42.2 Å². The summed E-state index contributed by atoms with van der Waals surface area (Å²) in [6, 6.07) is 7.20. The first-order valence-electron chi connectivity index (χ1n) is 7.87. The first-order chi connectivity index (χ1) is 13.3. The van der Waals surface area contributed by atoms with Crippen LogP contribution in [0.15, 0.2) is 35.4 Å². The highest BCUT2D eigenvalue weighted by Crippen LogP contribution is 2.24. The summed E-state index contributed by atoms with van der Waals surface area (Å²) >= 11 is 12.1. The maximum Gasteiger partial charge on any atom is 0.186 e. The summed E-state index contributed by atoms with van der Waals surface area (Å²) in [7, 11) is 0. The van der Waals surface area contributed by atoms with Crippen molar-refractivity contribution in [1.82, 2.24) is 9.78 Å². The van der Waals surface area contributed by atoms with E-state index >= 15 is 0 Å². The fourth-order valence-electron chi connectivity index (χ4n) is 2.41. The molecule has 0 unspecified atom stereocenters. The number of aromatic nitrogens is 2. The van der Waals surface area contributed by atoms with Crippen LogP contribution in [-0.2, 0) is 6.54 Å². The fourth-order valence-corrected chi connectivity index (χ4v) is 2.82. The molecule has 0 aliphatic heterocycles. The van der Waals surface area contributed by atoms with E-state index in [4.69, 9.17) is 23.2 Å². The number of nitrogens with one attached hydrogen (secondary N) is 1. The molecule has 3 aromatic rings. The molecule has 1 heterocycles. The molecule has 0 radical (unpaired) electrons. The number of benzene rings is 2. The molecule has 1 N–H and O–H groups in total. The number of hydrogen-bond acceptors (Lipinski definition) is 3. The summed E-state index contributed by atoms with van der Waals surface area (Å²) in [6.07, 6.45) is 1.16. The Balaban J connectivity index is 1.82. The Morgan fingerprint density at radius 2 is 1.68 bits per heavy atom. The number of rotatable bonds is 5. The second-order valence-electron chi connectivity index (χ2n) is 5.79. The molecule has 2 aromatic carbocycles. The van der Waals surface area contributed by atoms with Gasteiger partial charge in [0.2, 0.25) is 0 Å². The van der Waals surface area contributed by atoms with Crippen molar-refractivity contribution < 1.29 is 17.6 Å². The normalized spacial score (nSPS) is 11.4. The maximum atomic E-state index is 13.6. The van der Waals surface area contributed by atoms with Crippen LogP contribution in [0.3, 0.4) is 0 Å². The van der Waals surface area contributed by atoms with Crippen LogP contribution < -0.4 is 5.43 Å². The van der Waals surface area contributed by atoms with Crippen LogP contribution in [0.1, 0.15) is 16.8 Å². The number of hydrogen-bond donors (Lipinski definition) is 1. The maximum absolute atomic E-state index is 13.6. The highest BCUT2D eigenvalue weighted by molar-refractivity contribution is 6.32. The lowest BCUT2D eigenvalue weighted by atomic mass is 10.2. The molecule has 0 aliphatic rings. The zero-order chi connectivity index (χ0) is 20.4. The van der Waals surface area contributed by atoms with Gasteiger partial charge in [-0.25, -0.2) is 22.2 Å². The zero-order valence-electron chi connectivity index (χ0n) is 14.3. The fraction of sp³-hybridized carbons (Fsp3) is 0.111. The molecule has 0 aliphatic carbocycles. The standard InChI is InChI=1S/C18H12Cl2F4N4/c1-9-12(7-25-26-17-15(23)13(21)6-14(22)16(17)24)18(20)28(27-9)8-10-2-4-11(19)5-3-10/h2-7,26H,8H2,1H3. The van der Waals surface area contributed by atoms with E-state index in [1.54, 1.807) is 19.1 Å². The average Bonchev–Trinajstić information content (AvgIpc) is 2.92. The van der Waals surface area contributed by atoms with Gasteiger partial charge in [0.25, 0.3) is 0 Å². The number of anilines is 1. The highest BCUT2D eigenvalue weighted by atomic mass is 35.5. The Morgan fingerprint density at radius 1 is 1.07 bits per heavy atom. The number of hydrazone groups is 1. The van der Waals surface area contributed by atoms with Crippen molar-refractivity contribution in [2.24, 2.45) is 5.10 Å². The zero-order valence-corrected chi connectivity index (χ0v) is 15.8.